The highest BCUT2D eigenvalue weighted by Gasteiger charge is 2.14. The number of hydrogen-bond donors (Lipinski definition) is 1. The summed E-state index contributed by atoms with van der Waals surface area (Å²) in [4.78, 5) is 22.9. The third kappa shape index (κ3) is 4.16. The first kappa shape index (κ1) is 19.5. The first-order valence-corrected chi connectivity index (χ1v) is 9.17. The highest BCUT2D eigenvalue weighted by atomic mass is 16.6. The molecule has 1 aromatic heterocycles. The molecule has 4 aromatic rings. The molecule has 0 aliphatic rings. The van der Waals surface area contributed by atoms with Crippen molar-refractivity contribution in [1.29, 1.82) is 5.26 Å². The number of non-ortho nitro benzene ring substituents is 1. The smallest absolute Gasteiger partial charge is 0.271 e. The largest absolute Gasteiger partial charge is 0.355 e. The van der Waals surface area contributed by atoms with Gasteiger partial charge < -0.3 is 9.84 Å². The Labute approximate surface area is 176 Å². The first-order valence-electron chi connectivity index (χ1n) is 9.17. The van der Waals surface area contributed by atoms with Crippen LogP contribution < -0.4 is 5.32 Å². The van der Waals surface area contributed by atoms with Crippen LogP contribution in [0, 0.1) is 21.4 Å². The predicted octanol–water partition coefficient (Wildman–Crippen LogP) is 4.95. The van der Waals surface area contributed by atoms with Crippen LogP contribution in [0.3, 0.4) is 0 Å². The zero-order valence-corrected chi connectivity index (χ0v) is 16.0. The van der Waals surface area contributed by atoms with E-state index in [2.05, 4.69) is 10.5 Å². The summed E-state index contributed by atoms with van der Waals surface area (Å²) in [5.74, 6) is -0.0814. The van der Waals surface area contributed by atoms with Crippen molar-refractivity contribution in [3.63, 3.8) is 0 Å². The van der Waals surface area contributed by atoms with E-state index in [1.807, 2.05) is 36.4 Å². The number of nitrogens with one attached hydrogen (secondary N) is 1. The highest BCUT2D eigenvalue weighted by Crippen LogP contribution is 2.29. The fourth-order valence-electron chi connectivity index (χ4n) is 3.06. The standard InChI is InChI=1S/C23H14N4O4/c24-14-17(23(28)25-18-7-4-8-19(13-18)27(29)30)11-15-9-10-21-20(12-15)22(31-26-21)16-5-2-1-3-6-16/h1-13H,(H,25,28)/b17-11+. The molecule has 0 aliphatic heterocycles. The van der Waals surface area contributed by atoms with E-state index in [4.69, 9.17) is 4.52 Å². The zero-order valence-electron chi connectivity index (χ0n) is 16.0. The zero-order chi connectivity index (χ0) is 21.8. The Morgan fingerprint density at radius 2 is 1.90 bits per heavy atom. The van der Waals surface area contributed by atoms with Crippen molar-refractivity contribution >= 4 is 34.3 Å². The van der Waals surface area contributed by atoms with Gasteiger partial charge in [-0.15, -0.1) is 0 Å². The number of nitro groups is 1. The second kappa shape index (κ2) is 8.31. The van der Waals surface area contributed by atoms with Gasteiger partial charge in [-0.2, -0.15) is 5.26 Å². The Morgan fingerprint density at radius 1 is 1.10 bits per heavy atom. The number of carbonyl (C=O) groups is 1. The lowest BCUT2D eigenvalue weighted by Crippen LogP contribution is -2.13. The maximum absolute atomic E-state index is 12.5. The molecule has 31 heavy (non-hydrogen) atoms. The minimum absolute atomic E-state index is 0.149. The fourth-order valence-corrected chi connectivity index (χ4v) is 3.06. The van der Waals surface area contributed by atoms with Gasteiger partial charge in [0.25, 0.3) is 11.6 Å². The van der Waals surface area contributed by atoms with Crippen LogP contribution in [-0.2, 0) is 4.79 Å². The maximum Gasteiger partial charge on any atom is 0.271 e. The molecule has 0 aliphatic carbocycles. The summed E-state index contributed by atoms with van der Waals surface area (Å²) in [6.07, 6.45) is 1.44. The lowest BCUT2D eigenvalue weighted by atomic mass is 10.0. The maximum atomic E-state index is 12.5. The van der Waals surface area contributed by atoms with Crippen molar-refractivity contribution in [2.75, 3.05) is 5.32 Å². The van der Waals surface area contributed by atoms with Gasteiger partial charge in [-0.3, -0.25) is 14.9 Å². The number of aromatic nitrogens is 1. The number of carbonyl (C=O) groups excluding carboxylic acids is 1. The van der Waals surface area contributed by atoms with E-state index in [0.29, 0.717) is 16.8 Å². The van der Waals surface area contributed by atoms with Gasteiger partial charge in [0, 0.05) is 23.4 Å². The van der Waals surface area contributed by atoms with Crippen molar-refractivity contribution in [2.45, 2.75) is 0 Å². The van der Waals surface area contributed by atoms with E-state index >= 15 is 0 Å². The molecule has 4 rings (SSSR count). The second-order valence-electron chi connectivity index (χ2n) is 6.59. The van der Waals surface area contributed by atoms with Gasteiger partial charge in [0.15, 0.2) is 5.76 Å². The molecule has 0 atom stereocenters. The number of rotatable bonds is 5. The van der Waals surface area contributed by atoms with E-state index < -0.39 is 10.8 Å². The Hall–Kier alpha value is -4.77. The van der Waals surface area contributed by atoms with Crippen LogP contribution in [0.5, 0.6) is 0 Å². The molecule has 3 aromatic carbocycles. The number of nitro benzene ring substituents is 1. The summed E-state index contributed by atoms with van der Waals surface area (Å²) in [7, 11) is 0. The van der Waals surface area contributed by atoms with Gasteiger partial charge in [0.1, 0.15) is 17.2 Å². The Balaban J connectivity index is 1.64. The number of amides is 1. The van der Waals surface area contributed by atoms with Crippen molar-refractivity contribution < 1.29 is 14.2 Å². The molecular weight excluding hydrogens is 396 g/mol. The van der Waals surface area contributed by atoms with Crippen molar-refractivity contribution in [2.24, 2.45) is 0 Å². The van der Waals surface area contributed by atoms with E-state index in [1.165, 1.54) is 30.3 Å². The van der Waals surface area contributed by atoms with Gasteiger partial charge >= 0.3 is 0 Å². The van der Waals surface area contributed by atoms with E-state index in [-0.39, 0.29) is 16.9 Å². The first-order chi connectivity index (χ1) is 15.0. The van der Waals surface area contributed by atoms with Crippen molar-refractivity contribution in [3.8, 4) is 17.4 Å². The Morgan fingerprint density at radius 3 is 2.65 bits per heavy atom. The van der Waals surface area contributed by atoms with E-state index in [1.54, 1.807) is 18.2 Å². The van der Waals surface area contributed by atoms with Crippen LogP contribution in [0.2, 0.25) is 0 Å². The third-order valence-corrected chi connectivity index (χ3v) is 4.53. The van der Waals surface area contributed by atoms with Gasteiger partial charge in [0.05, 0.1) is 10.3 Å². The lowest BCUT2D eigenvalue weighted by molar-refractivity contribution is -0.384. The van der Waals surface area contributed by atoms with Crippen LogP contribution in [-0.4, -0.2) is 16.0 Å². The lowest BCUT2D eigenvalue weighted by Gasteiger charge is -2.04. The summed E-state index contributed by atoms with van der Waals surface area (Å²) < 4.78 is 5.47. The van der Waals surface area contributed by atoms with Crippen molar-refractivity contribution in [1.82, 2.24) is 5.16 Å². The monoisotopic (exact) mass is 410 g/mol. The predicted molar refractivity (Wildman–Crippen MR) is 115 cm³/mol. The molecule has 1 amide bonds. The summed E-state index contributed by atoms with van der Waals surface area (Å²) >= 11 is 0. The van der Waals surface area contributed by atoms with Crippen LogP contribution in [0.1, 0.15) is 5.56 Å². The molecule has 0 saturated carbocycles. The summed E-state index contributed by atoms with van der Waals surface area (Å²) in [6, 6.07) is 22.1. The molecule has 0 saturated heterocycles. The number of hydrogen-bond acceptors (Lipinski definition) is 6. The van der Waals surface area contributed by atoms with Crippen LogP contribution >= 0.6 is 0 Å². The Bertz CT molecular complexity index is 1370. The molecule has 0 spiro atoms. The molecule has 8 heteroatoms. The van der Waals surface area contributed by atoms with E-state index in [0.717, 1.165) is 10.9 Å². The number of benzene rings is 3. The average molecular weight is 410 g/mol. The highest BCUT2D eigenvalue weighted by molar-refractivity contribution is 6.10. The van der Waals surface area contributed by atoms with Crippen molar-refractivity contribution in [3.05, 3.63) is 94.0 Å². The fraction of sp³-hybridized carbons (Fsp3) is 0. The Kier molecular flexibility index (Phi) is 5.24. The molecule has 8 nitrogen and oxygen atoms in total. The molecule has 150 valence electrons. The van der Waals surface area contributed by atoms with E-state index in [9.17, 15) is 20.2 Å². The SMILES string of the molecule is N#C/C(=C\c1ccc2noc(-c3ccccc3)c2c1)C(=O)Nc1cccc([N+](=O)[O-])c1. The number of fused-ring (bicyclic) bond motifs is 1. The van der Waals surface area contributed by atoms with Gasteiger partial charge in [0.2, 0.25) is 0 Å². The van der Waals surface area contributed by atoms with Gasteiger partial charge in [-0.05, 0) is 29.8 Å². The summed E-state index contributed by atoms with van der Waals surface area (Å²) in [5.41, 5.74) is 2.03. The molecule has 0 unspecified atom stereocenters. The topological polar surface area (TPSA) is 122 Å². The number of nitriles is 1. The summed E-state index contributed by atoms with van der Waals surface area (Å²) in [6.45, 7) is 0. The number of nitrogens with zero attached hydrogens (tertiary/aromatic N) is 3. The minimum Gasteiger partial charge on any atom is -0.355 e. The molecule has 0 fully saturated rings. The third-order valence-electron chi connectivity index (χ3n) is 4.53. The number of anilines is 1. The molecule has 1 heterocycles. The molecule has 1 N–H and O–H groups in total. The van der Waals surface area contributed by atoms with Crippen LogP contribution in [0.15, 0.2) is 82.9 Å². The average Bonchev–Trinajstić information content (AvgIpc) is 3.21. The summed E-state index contributed by atoms with van der Waals surface area (Å²) in [5, 5.41) is 27.7. The molecule has 0 radical (unpaired) electrons. The second-order valence-corrected chi connectivity index (χ2v) is 6.59. The molecule has 0 bridgehead atoms. The van der Waals surface area contributed by atoms with Gasteiger partial charge in [-0.25, -0.2) is 0 Å². The van der Waals surface area contributed by atoms with Crippen LogP contribution in [0.4, 0.5) is 11.4 Å². The minimum atomic E-state index is -0.670. The quantitative estimate of drug-likeness (QED) is 0.215. The van der Waals surface area contributed by atoms with Gasteiger partial charge in [-0.1, -0.05) is 47.6 Å². The molecular formula is C23H14N4O4. The normalized spacial score (nSPS) is 11.1. The van der Waals surface area contributed by atoms with Crippen LogP contribution in [0.25, 0.3) is 28.3 Å².